The fourth-order valence-corrected chi connectivity index (χ4v) is 3.45. The molecule has 5 nitrogen and oxygen atoms in total. The zero-order valence-electron chi connectivity index (χ0n) is 15.2. The van der Waals surface area contributed by atoms with Crippen LogP contribution in [-0.2, 0) is 11.3 Å². The van der Waals surface area contributed by atoms with Crippen molar-refractivity contribution in [1.82, 2.24) is 9.80 Å². The number of carbonyl (C=O) groups is 1. The number of hydrogen-bond acceptors (Lipinski definition) is 4. The number of nitrogens with zero attached hydrogens (tertiary/aromatic N) is 2. The van der Waals surface area contributed by atoms with E-state index in [9.17, 15) is 9.18 Å². The molecule has 2 N–H and O–H groups in total. The molecule has 144 valence electrons. The van der Waals surface area contributed by atoms with Gasteiger partial charge in [0, 0.05) is 37.2 Å². The van der Waals surface area contributed by atoms with Crippen LogP contribution in [0.3, 0.4) is 0 Å². The first kappa shape index (κ1) is 19.5. The number of piperazine rings is 1. The van der Waals surface area contributed by atoms with E-state index < -0.39 is 0 Å². The number of rotatable bonds is 5. The van der Waals surface area contributed by atoms with Crippen molar-refractivity contribution >= 4 is 23.2 Å². The third-order valence-electron chi connectivity index (χ3n) is 4.67. The van der Waals surface area contributed by atoms with E-state index in [0.717, 1.165) is 25.2 Å². The Kier molecular flexibility index (Phi) is 6.19. The lowest BCUT2D eigenvalue weighted by atomic mass is 10.1. The fraction of sp³-hybridized carbons (Fsp3) is 0.350. The second-order valence-electron chi connectivity index (χ2n) is 6.77. The van der Waals surface area contributed by atoms with Gasteiger partial charge < -0.3 is 15.4 Å². The number of ether oxygens (including phenoxy) is 1. The molecule has 1 saturated heterocycles. The maximum atomic E-state index is 13.0. The van der Waals surface area contributed by atoms with Gasteiger partial charge in [0.05, 0.1) is 5.69 Å². The molecule has 27 heavy (non-hydrogen) atoms. The summed E-state index contributed by atoms with van der Waals surface area (Å²) < 4.78 is 18.6. The Balaban J connectivity index is 1.51. The topological polar surface area (TPSA) is 58.8 Å². The molecule has 2 aromatic rings. The number of halogens is 2. The minimum Gasteiger partial charge on any atom is -0.482 e. The van der Waals surface area contributed by atoms with Crippen LogP contribution in [0, 0.1) is 5.82 Å². The highest BCUT2D eigenvalue weighted by Gasteiger charge is 2.27. The Bertz CT molecular complexity index is 800. The number of benzene rings is 2. The SMILES string of the molecule is C[C@@H]1CN(Cc2ccc(F)cc2)CCN1C(=O)COc1ccc(Cl)cc1N. The summed E-state index contributed by atoms with van der Waals surface area (Å²) in [6.45, 7) is 4.84. The molecule has 1 aliphatic rings. The van der Waals surface area contributed by atoms with Gasteiger partial charge in [0.25, 0.3) is 5.91 Å². The number of anilines is 1. The summed E-state index contributed by atoms with van der Waals surface area (Å²) in [6, 6.07) is 11.5. The van der Waals surface area contributed by atoms with Crippen molar-refractivity contribution in [3.05, 3.63) is 58.9 Å². The molecule has 1 aliphatic heterocycles. The molecule has 1 atom stereocenters. The van der Waals surface area contributed by atoms with E-state index in [1.165, 1.54) is 12.1 Å². The predicted molar refractivity (Wildman–Crippen MR) is 104 cm³/mol. The maximum absolute atomic E-state index is 13.0. The van der Waals surface area contributed by atoms with Crippen LogP contribution in [0.1, 0.15) is 12.5 Å². The number of hydrogen-bond donors (Lipinski definition) is 1. The first-order valence-electron chi connectivity index (χ1n) is 8.86. The van der Waals surface area contributed by atoms with Gasteiger partial charge in [0.15, 0.2) is 6.61 Å². The Morgan fingerprint density at radius 2 is 2.00 bits per heavy atom. The molecular formula is C20H23ClFN3O2. The van der Waals surface area contributed by atoms with E-state index >= 15 is 0 Å². The summed E-state index contributed by atoms with van der Waals surface area (Å²) in [5, 5.41) is 0.525. The average molecular weight is 392 g/mol. The highest BCUT2D eigenvalue weighted by atomic mass is 35.5. The minimum atomic E-state index is -0.233. The summed E-state index contributed by atoms with van der Waals surface area (Å²) in [5.41, 5.74) is 7.32. The zero-order chi connectivity index (χ0) is 19.4. The van der Waals surface area contributed by atoms with Crippen molar-refractivity contribution < 1.29 is 13.9 Å². The van der Waals surface area contributed by atoms with E-state index in [2.05, 4.69) is 4.90 Å². The van der Waals surface area contributed by atoms with Crippen molar-refractivity contribution in [3.8, 4) is 5.75 Å². The Labute approximate surface area is 163 Å². The van der Waals surface area contributed by atoms with Crippen molar-refractivity contribution in [2.45, 2.75) is 19.5 Å². The molecule has 1 fully saturated rings. The first-order chi connectivity index (χ1) is 12.9. The summed E-state index contributed by atoms with van der Waals surface area (Å²) >= 11 is 5.87. The second kappa shape index (κ2) is 8.59. The summed E-state index contributed by atoms with van der Waals surface area (Å²) in [4.78, 5) is 16.6. The summed E-state index contributed by atoms with van der Waals surface area (Å²) in [6.07, 6.45) is 0. The third-order valence-corrected chi connectivity index (χ3v) is 4.91. The van der Waals surface area contributed by atoms with Gasteiger partial charge in [-0.1, -0.05) is 23.7 Å². The van der Waals surface area contributed by atoms with Crippen LogP contribution >= 0.6 is 11.6 Å². The van der Waals surface area contributed by atoms with Crippen LogP contribution in [0.25, 0.3) is 0 Å². The van der Waals surface area contributed by atoms with Gasteiger partial charge in [-0.25, -0.2) is 4.39 Å². The molecule has 0 spiro atoms. The molecule has 1 heterocycles. The van der Waals surface area contributed by atoms with E-state index in [-0.39, 0.29) is 24.4 Å². The van der Waals surface area contributed by atoms with E-state index in [0.29, 0.717) is 23.0 Å². The summed E-state index contributed by atoms with van der Waals surface area (Å²) in [5.74, 6) is 0.150. The molecule has 2 aromatic carbocycles. The Morgan fingerprint density at radius 3 is 2.67 bits per heavy atom. The lowest BCUT2D eigenvalue weighted by molar-refractivity contribution is -0.137. The van der Waals surface area contributed by atoms with E-state index in [4.69, 9.17) is 22.1 Å². The predicted octanol–water partition coefficient (Wildman–Crippen LogP) is 3.17. The molecule has 7 heteroatoms. The van der Waals surface area contributed by atoms with Gasteiger partial charge in [0.2, 0.25) is 0 Å². The highest BCUT2D eigenvalue weighted by Crippen LogP contribution is 2.25. The maximum Gasteiger partial charge on any atom is 0.260 e. The molecule has 0 unspecified atom stereocenters. The zero-order valence-corrected chi connectivity index (χ0v) is 16.0. The fourth-order valence-electron chi connectivity index (χ4n) is 3.27. The van der Waals surface area contributed by atoms with Gasteiger partial charge in [-0.3, -0.25) is 9.69 Å². The second-order valence-corrected chi connectivity index (χ2v) is 7.20. The van der Waals surface area contributed by atoms with Crippen LogP contribution in [0.4, 0.5) is 10.1 Å². The quantitative estimate of drug-likeness (QED) is 0.795. The monoisotopic (exact) mass is 391 g/mol. The van der Waals surface area contributed by atoms with Gasteiger partial charge in [0.1, 0.15) is 11.6 Å². The molecular weight excluding hydrogens is 369 g/mol. The van der Waals surface area contributed by atoms with Gasteiger partial charge >= 0.3 is 0 Å². The molecule has 0 bridgehead atoms. The van der Waals surface area contributed by atoms with Crippen molar-refractivity contribution in [2.24, 2.45) is 0 Å². The van der Waals surface area contributed by atoms with Crippen LogP contribution in [0.5, 0.6) is 5.75 Å². The average Bonchev–Trinajstić information content (AvgIpc) is 2.63. The van der Waals surface area contributed by atoms with Gasteiger partial charge in [-0.15, -0.1) is 0 Å². The molecule has 0 radical (unpaired) electrons. The number of nitrogens with two attached hydrogens (primary N) is 1. The smallest absolute Gasteiger partial charge is 0.260 e. The van der Waals surface area contributed by atoms with Crippen LogP contribution in [0.2, 0.25) is 5.02 Å². The van der Waals surface area contributed by atoms with Gasteiger partial charge in [-0.2, -0.15) is 0 Å². The van der Waals surface area contributed by atoms with Crippen LogP contribution in [-0.4, -0.2) is 48.0 Å². The molecule has 3 rings (SSSR count). The number of nitrogen functional groups attached to an aromatic ring is 1. The van der Waals surface area contributed by atoms with Crippen LogP contribution in [0.15, 0.2) is 42.5 Å². The summed E-state index contributed by atoms with van der Waals surface area (Å²) in [7, 11) is 0. The lowest BCUT2D eigenvalue weighted by Crippen LogP contribution is -2.54. The Hall–Kier alpha value is -2.31. The lowest BCUT2D eigenvalue weighted by Gasteiger charge is -2.39. The first-order valence-corrected chi connectivity index (χ1v) is 9.24. The molecule has 0 aliphatic carbocycles. The van der Waals surface area contributed by atoms with Gasteiger partial charge in [-0.05, 0) is 42.8 Å². The third kappa shape index (κ3) is 5.11. The van der Waals surface area contributed by atoms with E-state index in [1.54, 1.807) is 30.3 Å². The van der Waals surface area contributed by atoms with Crippen LogP contribution < -0.4 is 10.5 Å². The molecule has 0 aromatic heterocycles. The number of carbonyl (C=O) groups excluding carboxylic acids is 1. The Morgan fingerprint density at radius 1 is 1.26 bits per heavy atom. The highest BCUT2D eigenvalue weighted by molar-refractivity contribution is 6.30. The largest absolute Gasteiger partial charge is 0.482 e. The van der Waals surface area contributed by atoms with E-state index in [1.807, 2.05) is 11.8 Å². The normalized spacial score (nSPS) is 17.7. The molecule has 0 saturated carbocycles. The standard InChI is InChI=1S/C20H23ClFN3O2/c1-14-11-24(12-15-2-5-17(22)6-3-15)8-9-25(14)20(26)13-27-19-7-4-16(21)10-18(19)23/h2-7,10,14H,8-9,11-13,23H2,1H3/t14-/m1/s1. The van der Waals surface area contributed by atoms with Crippen molar-refractivity contribution in [3.63, 3.8) is 0 Å². The van der Waals surface area contributed by atoms with Crippen molar-refractivity contribution in [1.29, 1.82) is 0 Å². The number of amides is 1. The minimum absolute atomic E-state index is 0.0614. The molecule has 1 amide bonds. The van der Waals surface area contributed by atoms with Crippen molar-refractivity contribution in [2.75, 3.05) is 32.0 Å².